The van der Waals surface area contributed by atoms with Crippen LogP contribution in [0.15, 0.2) is 29.2 Å². The third-order valence-electron chi connectivity index (χ3n) is 1.40. The van der Waals surface area contributed by atoms with Crippen molar-refractivity contribution in [2.45, 2.75) is 4.90 Å². The van der Waals surface area contributed by atoms with Crippen LogP contribution < -0.4 is 0 Å². The van der Waals surface area contributed by atoms with Crippen LogP contribution in [-0.4, -0.2) is 16.6 Å². The van der Waals surface area contributed by atoms with E-state index >= 15 is 0 Å². The van der Waals surface area contributed by atoms with Crippen molar-refractivity contribution in [3.8, 4) is 5.75 Å². The molecule has 0 spiro atoms. The molecule has 0 aliphatic rings. The number of hydrogen-bond acceptors (Lipinski definition) is 1. The summed E-state index contributed by atoms with van der Waals surface area (Å²) in [6.45, 7) is 0. The Morgan fingerprint density at radius 3 is 2.36 bits per heavy atom. The smallest absolute Gasteiger partial charge is 0.186 e. The Morgan fingerprint density at radius 1 is 1.36 bits per heavy atom. The van der Waals surface area contributed by atoms with Crippen LogP contribution in [0.5, 0.6) is 5.75 Å². The third-order valence-corrected chi connectivity index (χ3v) is 3.79. The number of aromatic hydroxyl groups is 1. The molecule has 0 saturated carbocycles. The number of phenols is 1. The van der Waals surface area contributed by atoms with Gasteiger partial charge in [-0.1, -0.05) is 11.6 Å². The van der Waals surface area contributed by atoms with Gasteiger partial charge >= 0.3 is 0 Å². The second kappa shape index (κ2) is 3.88. The second-order valence-electron chi connectivity index (χ2n) is 2.24. The molecule has 0 saturated heterocycles. The Bertz CT molecular complexity index is 222. The summed E-state index contributed by atoms with van der Waals surface area (Å²) >= 11 is 5.68. The summed E-state index contributed by atoms with van der Waals surface area (Å²) < 4.78 is 0. The van der Waals surface area contributed by atoms with E-state index in [1.807, 2.05) is 12.1 Å². The molecule has 1 unspecified atom stereocenters. The topological polar surface area (TPSA) is 20.2 Å². The van der Waals surface area contributed by atoms with E-state index in [1.165, 1.54) is 4.90 Å². The molecule has 1 aromatic carbocycles. The molecule has 0 amide bonds. The fourth-order valence-corrected chi connectivity index (χ4v) is 1.85. The molecule has 0 radical (unpaired) electrons. The van der Waals surface area contributed by atoms with E-state index in [0.717, 1.165) is 0 Å². The van der Waals surface area contributed by atoms with Crippen LogP contribution in [0.3, 0.4) is 0 Å². The van der Waals surface area contributed by atoms with Gasteiger partial charge in [-0.15, -0.1) is 0 Å². The highest BCUT2D eigenvalue weighted by Crippen LogP contribution is 2.16. The summed E-state index contributed by atoms with van der Waals surface area (Å²) in [5, 5.41) is 9.62. The minimum absolute atomic E-state index is 0.106. The number of alkyl halides is 1. The Morgan fingerprint density at radius 2 is 1.91 bits per heavy atom. The van der Waals surface area contributed by atoms with Crippen molar-refractivity contribution >= 4 is 22.5 Å². The summed E-state index contributed by atoms with van der Waals surface area (Å²) in [4.78, 5) is 1.19. The van der Waals surface area contributed by atoms with Crippen molar-refractivity contribution in [1.29, 1.82) is 0 Å². The van der Waals surface area contributed by atoms with Crippen LogP contribution in [0.2, 0.25) is 0 Å². The molecule has 1 nitrogen and oxygen atoms in total. The van der Waals surface area contributed by atoms with Crippen LogP contribution in [0.25, 0.3) is 0 Å². The Kier molecular flexibility index (Phi) is 3.09. The lowest BCUT2D eigenvalue weighted by molar-refractivity contribution is 0.475. The van der Waals surface area contributed by atoms with Crippen LogP contribution in [0.4, 0.5) is 0 Å². The first-order chi connectivity index (χ1) is 5.24. The van der Waals surface area contributed by atoms with Crippen molar-refractivity contribution < 1.29 is 5.11 Å². The van der Waals surface area contributed by atoms with E-state index in [1.54, 1.807) is 12.1 Å². The molecule has 1 N–H and O–H groups in total. The molecule has 11 heavy (non-hydrogen) atoms. The Balaban J connectivity index is 2.81. The predicted octanol–water partition coefficient (Wildman–Crippen LogP) is 2.20. The monoisotopic (exact) mass is 189 g/mol. The van der Waals surface area contributed by atoms with Crippen LogP contribution >= 0.6 is 11.6 Å². The zero-order valence-electron chi connectivity index (χ0n) is 6.25. The lowest BCUT2D eigenvalue weighted by Gasteiger charge is -1.97. The highest BCUT2D eigenvalue weighted by Gasteiger charge is 2.12. The lowest BCUT2D eigenvalue weighted by atomic mass is 10.3. The number of hydrogen-bond donors (Lipinski definition) is 1. The summed E-state index contributed by atoms with van der Waals surface area (Å²) in [5.74, 6) is 0.306. The maximum Gasteiger partial charge on any atom is 0.186 e. The predicted molar refractivity (Wildman–Crippen MR) is 50.4 cm³/mol. The molecule has 0 aliphatic heterocycles. The fraction of sp³-hybridized carbons (Fsp3) is 0.250. The van der Waals surface area contributed by atoms with Crippen LogP contribution in [0, 0.1) is 0 Å². The summed E-state index contributed by atoms with van der Waals surface area (Å²) in [6, 6.07) is 7.18. The van der Waals surface area contributed by atoms with Crippen LogP contribution in [-0.2, 0) is 10.9 Å². The first kappa shape index (κ1) is 8.75. The molecule has 0 aliphatic carbocycles. The van der Waals surface area contributed by atoms with Gasteiger partial charge in [-0.25, -0.2) is 0 Å². The SMILES string of the molecule is C[S+](CCl)c1ccc(O)cc1. The van der Waals surface area contributed by atoms with E-state index in [-0.39, 0.29) is 10.9 Å². The highest BCUT2D eigenvalue weighted by atomic mass is 35.5. The largest absolute Gasteiger partial charge is 0.508 e. The standard InChI is InChI=1S/C8H9ClOS/c1-11(6-9)8-4-2-7(10)3-5-8/h2-5H,6H2,1H3/p+1. The van der Waals surface area contributed by atoms with Gasteiger partial charge in [0.05, 0.1) is 0 Å². The molecular weight excluding hydrogens is 180 g/mol. The molecule has 0 aromatic heterocycles. The van der Waals surface area contributed by atoms with E-state index in [2.05, 4.69) is 6.26 Å². The molecule has 3 heteroatoms. The molecule has 1 atom stereocenters. The van der Waals surface area contributed by atoms with Gasteiger partial charge in [0.1, 0.15) is 12.0 Å². The van der Waals surface area contributed by atoms with E-state index in [4.69, 9.17) is 16.7 Å². The molecule has 0 heterocycles. The van der Waals surface area contributed by atoms with Gasteiger partial charge in [0, 0.05) is 10.9 Å². The molecule has 1 aromatic rings. The van der Waals surface area contributed by atoms with E-state index in [0.29, 0.717) is 11.0 Å². The van der Waals surface area contributed by atoms with E-state index < -0.39 is 0 Å². The third kappa shape index (κ3) is 2.31. The average Bonchev–Trinajstić information content (AvgIpc) is 2.05. The van der Waals surface area contributed by atoms with Crippen molar-refractivity contribution in [3.05, 3.63) is 24.3 Å². The highest BCUT2D eigenvalue weighted by molar-refractivity contribution is 7.97. The first-order valence-electron chi connectivity index (χ1n) is 3.21. The average molecular weight is 190 g/mol. The van der Waals surface area contributed by atoms with Crippen molar-refractivity contribution in [2.24, 2.45) is 0 Å². The summed E-state index contributed by atoms with van der Waals surface area (Å²) in [5.41, 5.74) is 0. The molecule has 0 fully saturated rings. The van der Waals surface area contributed by atoms with Crippen molar-refractivity contribution in [2.75, 3.05) is 11.5 Å². The van der Waals surface area contributed by atoms with Gasteiger partial charge in [-0.05, 0) is 24.3 Å². The Labute approximate surface area is 74.3 Å². The normalized spacial score (nSPS) is 12.9. The number of halogens is 1. The van der Waals surface area contributed by atoms with Crippen molar-refractivity contribution in [3.63, 3.8) is 0 Å². The molecular formula is C8H10ClOS+. The number of phenolic OH excluding ortho intramolecular Hbond substituents is 1. The first-order valence-corrected chi connectivity index (χ1v) is 5.55. The summed E-state index contributed by atoms with van der Waals surface area (Å²) in [7, 11) is 0.106. The Hall–Kier alpha value is -0.340. The van der Waals surface area contributed by atoms with Gasteiger partial charge in [0.25, 0.3) is 0 Å². The van der Waals surface area contributed by atoms with E-state index in [9.17, 15) is 0 Å². The fourth-order valence-electron chi connectivity index (χ4n) is 0.741. The van der Waals surface area contributed by atoms with Gasteiger partial charge in [-0.2, -0.15) is 0 Å². The van der Waals surface area contributed by atoms with Gasteiger partial charge in [0.15, 0.2) is 10.1 Å². The maximum absolute atomic E-state index is 8.98. The minimum atomic E-state index is 0.106. The van der Waals surface area contributed by atoms with Crippen molar-refractivity contribution in [1.82, 2.24) is 0 Å². The lowest BCUT2D eigenvalue weighted by Crippen LogP contribution is -1.99. The number of rotatable bonds is 2. The second-order valence-corrected chi connectivity index (χ2v) is 4.86. The van der Waals surface area contributed by atoms with Gasteiger partial charge < -0.3 is 5.11 Å². The molecule has 1 rings (SSSR count). The van der Waals surface area contributed by atoms with Crippen LogP contribution in [0.1, 0.15) is 0 Å². The van der Waals surface area contributed by atoms with Gasteiger partial charge in [0.2, 0.25) is 0 Å². The molecule has 0 bridgehead atoms. The quantitative estimate of drug-likeness (QED) is 0.559. The number of benzene rings is 1. The molecule has 60 valence electrons. The zero-order chi connectivity index (χ0) is 8.27. The van der Waals surface area contributed by atoms with Gasteiger partial charge in [-0.3, -0.25) is 0 Å². The zero-order valence-corrected chi connectivity index (χ0v) is 7.82. The maximum atomic E-state index is 8.98. The minimum Gasteiger partial charge on any atom is -0.508 e. The summed E-state index contributed by atoms with van der Waals surface area (Å²) in [6.07, 6.45) is 2.08.